The van der Waals surface area contributed by atoms with E-state index < -0.39 is 0 Å². The van der Waals surface area contributed by atoms with E-state index in [2.05, 4.69) is 25.6 Å². The number of rotatable bonds is 5. The fourth-order valence-electron chi connectivity index (χ4n) is 3.27. The van der Waals surface area contributed by atoms with E-state index in [1.807, 2.05) is 12.1 Å². The van der Waals surface area contributed by atoms with Crippen LogP contribution < -0.4 is 26.8 Å². The number of methoxy groups -OCH3 is 1. The number of benzene rings is 1. The normalized spacial score (nSPS) is 16.9. The number of aromatic amines is 1. The van der Waals surface area contributed by atoms with Crippen LogP contribution in [0.5, 0.6) is 5.75 Å². The fourth-order valence-corrected chi connectivity index (χ4v) is 3.27. The summed E-state index contributed by atoms with van der Waals surface area (Å²) in [5.74, 6) is 1.19. The average molecular weight is 355 g/mol. The third-order valence-electron chi connectivity index (χ3n) is 4.56. The lowest BCUT2D eigenvalue weighted by atomic mass is 10.2. The zero-order valence-electron chi connectivity index (χ0n) is 14.5. The standard InChI is InChI=1S/C17H21N7O2/c1-26-12-7-3-2-6-11(12)24-15-13(21-17(24)25)14(18)22-16(23-15)20-9-10-5-4-8-19-10/h2-3,6-7,10,19H,4-5,8-9H2,1H3,(H,21,25)(H3,18,20,22,23)/t10-/m0/s1. The number of imidazole rings is 1. The summed E-state index contributed by atoms with van der Waals surface area (Å²) in [6.45, 7) is 1.73. The number of para-hydroxylation sites is 2. The second-order valence-electron chi connectivity index (χ2n) is 6.24. The number of H-pyrrole nitrogens is 1. The van der Waals surface area contributed by atoms with Gasteiger partial charge in [0, 0.05) is 12.6 Å². The van der Waals surface area contributed by atoms with Gasteiger partial charge in [-0.2, -0.15) is 9.97 Å². The highest BCUT2D eigenvalue weighted by Crippen LogP contribution is 2.25. The Morgan fingerprint density at radius 1 is 1.38 bits per heavy atom. The Kier molecular flexibility index (Phi) is 4.21. The molecular weight excluding hydrogens is 334 g/mol. The molecular formula is C17H21N7O2. The number of hydrogen-bond acceptors (Lipinski definition) is 7. The van der Waals surface area contributed by atoms with Crippen molar-refractivity contribution in [3.63, 3.8) is 0 Å². The van der Waals surface area contributed by atoms with Gasteiger partial charge in [-0.1, -0.05) is 12.1 Å². The summed E-state index contributed by atoms with van der Waals surface area (Å²) in [5, 5.41) is 6.62. The summed E-state index contributed by atoms with van der Waals surface area (Å²) in [4.78, 5) is 24.0. The van der Waals surface area contributed by atoms with Gasteiger partial charge in [-0.25, -0.2) is 9.36 Å². The molecule has 5 N–H and O–H groups in total. The van der Waals surface area contributed by atoms with Gasteiger partial charge in [0.1, 0.15) is 11.3 Å². The maximum atomic E-state index is 12.5. The van der Waals surface area contributed by atoms with Crippen molar-refractivity contribution in [1.82, 2.24) is 24.8 Å². The lowest BCUT2D eigenvalue weighted by molar-refractivity contribution is 0.413. The lowest BCUT2D eigenvalue weighted by Gasteiger charge is -2.12. The first-order valence-electron chi connectivity index (χ1n) is 8.56. The van der Waals surface area contributed by atoms with Gasteiger partial charge in [0.2, 0.25) is 5.95 Å². The van der Waals surface area contributed by atoms with Crippen LogP contribution in [0.4, 0.5) is 11.8 Å². The number of nitrogens with two attached hydrogens (primary N) is 1. The van der Waals surface area contributed by atoms with Crippen LogP contribution in [0.2, 0.25) is 0 Å². The van der Waals surface area contributed by atoms with E-state index in [4.69, 9.17) is 10.5 Å². The van der Waals surface area contributed by atoms with Crippen LogP contribution in [-0.4, -0.2) is 45.8 Å². The first kappa shape index (κ1) is 16.4. The molecule has 1 aliphatic rings. The van der Waals surface area contributed by atoms with Crippen molar-refractivity contribution < 1.29 is 4.74 Å². The molecule has 9 heteroatoms. The van der Waals surface area contributed by atoms with Crippen LogP contribution in [0.1, 0.15) is 12.8 Å². The van der Waals surface area contributed by atoms with E-state index in [1.54, 1.807) is 19.2 Å². The molecule has 0 bridgehead atoms. The minimum absolute atomic E-state index is 0.225. The summed E-state index contributed by atoms with van der Waals surface area (Å²) >= 11 is 0. The van der Waals surface area contributed by atoms with E-state index >= 15 is 0 Å². The Morgan fingerprint density at radius 2 is 2.23 bits per heavy atom. The minimum atomic E-state index is -0.347. The van der Waals surface area contributed by atoms with E-state index in [-0.39, 0.29) is 11.5 Å². The predicted octanol–water partition coefficient (Wildman–Crippen LogP) is 0.863. The van der Waals surface area contributed by atoms with Crippen molar-refractivity contribution in [2.24, 2.45) is 0 Å². The van der Waals surface area contributed by atoms with Crippen molar-refractivity contribution >= 4 is 22.9 Å². The molecule has 3 aromatic rings. The maximum Gasteiger partial charge on any atom is 0.332 e. The van der Waals surface area contributed by atoms with Crippen LogP contribution in [0.3, 0.4) is 0 Å². The van der Waals surface area contributed by atoms with E-state index in [9.17, 15) is 4.79 Å². The van der Waals surface area contributed by atoms with Gasteiger partial charge in [0.15, 0.2) is 11.5 Å². The summed E-state index contributed by atoms with van der Waals surface area (Å²) in [7, 11) is 1.56. The first-order valence-corrected chi connectivity index (χ1v) is 8.56. The number of aromatic nitrogens is 4. The van der Waals surface area contributed by atoms with E-state index in [0.29, 0.717) is 41.1 Å². The zero-order valence-corrected chi connectivity index (χ0v) is 14.5. The lowest BCUT2D eigenvalue weighted by Crippen LogP contribution is -2.29. The summed E-state index contributed by atoms with van der Waals surface area (Å²) in [6.07, 6.45) is 2.28. The second kappa shape index (κ2) is 6.68. The van der Waals surface area contributed by atoms with Crippen molar-refractivity contribution in [3.8, 4) is 11.4 Å². The highest BCUT2D eigenvalue weighted by Gasteiger charge is 2.18. The van der Waals surface area contributed by atoms with Gasteiger partial charge in [-0.3, -0.25) is 0 Å². The van der Waals surface area contributed by atoms with Crippen molar-refractivity contribution in [1.29, 1.82) is 0 Å². The topological polar surface area (TPSA) is 123 Å². The Balaban J connectivity index is 1.78. The SMILES string of the molecule is COc1ccccc1-n1c(=O)[nH]c2c(N)nc(NC[C@@H]3CCCN3)nc21. The molecule has 0 spiro atoms. The quantitative estimate of drug-likeness (QED) is 0.535. The molecule has 3 heterocycles. The largest absolute Gasteiger partial charge is 0.495 e. The molecule has 0 aliphatic carbocycles. The zero-order chi connectivity index (χ0) is 18.1. The number of nitrogens with one attached hydrogen (secondary N) is 3. The number of nitrogens with zero attached hydrogens (tertiary/aromatic N) is 3. The van der Waals surface area contributed by atoms with Crippen molar-refractivity contribution in [2.75, 3.05) is 31.2 Å². The third-order valence-corrected chi connectivity index (χ3v) is 4.56. The summed E-state index contributed by atoms with van der Waals surface area (Å²) < 4.78 is 6.83. The summed E-state index contributed by atoms with van der Waals surface area (Å²) in [5.41, 5.74) is 7.11. The van der Waals surface area contributed by atoms with E-state index in [1.165, 1.54) is 11.0 Å². The van der Waals surface area contributed by atoms with Gasteiger partial charge < -0.3 is 26.1 Å². The van der Waals surface area contributed by atoms with Crippen LogP contribution in [0.25, 0.3) is 16.9 Å². The molecule has 1 aromatic carbocycles. The van der Waals surface area contributed by atoms with Crippen molar-refractivity contribution in [3.05, 3.63) is 34.7 Å². The molecule has 9 nitrogen and oxygen atoms in total. The van der Waals surface area contributed by atoms with Gasteiger partial charge >= 0.3 is 5.69 Å². The Labute approximate surface area is 149 Å². The molecule has 0 radical (unpaired) electrons. The Bertz CT molecular complexity index is 988. The smallest absolute Gasteiger partial charge is 0.332 e. The molecule has 0 unspecified atom stereocenters. The first-order chi connectivity index (χ1) is 12.7. The predicted molar refractivity (Wildman–Crippen MR) is 100.0 cm³/mol. The number of anilines is 2. The second-order valence-corrected chi connectivity index (χ2v) is 6.24. The molecule has 2 aromatic heterocycles. The minimum Gasteiger partial charge on any atom is -0.495 e. The van der Waals surface area contributed by atoms with Crippen LogP contribution in [0, 0.1) is 0 Å². The molecule has 4 rings (SSSR count). The number of fused-ring (bicyclic) bond motifs is 1. The number of nitrogen functional groups attached to an aromatic ring is 1. The van der Waals surface area contributed by atoms with Gasteiger partial charge in [-0.05, 0) is 31.5 Å². The average Bonchev–Trinajstić information content (AvgIpc) is 3.27. The number of ether oxygens (including phenoxy) is 1. The monoisotopic (exact) mass is 355 g/mol. The van der Waals surface area contributed by atoms with E-state index in [0.717, 1.165) is 13.0 Å². The highest BCUT2D eigenvalue weighted by atomic mass is 16.5. The van der Waals surface area contributed by atoms with Crippen LogP contribution in [0.15, 0.2) is 29.1 Å². The van der Waals surface area contributed by atoms with Gasteiger partial charge in [0.25, 0.3) is 0 Å². The van der Waals surface area contributed by atoms with Gasteiger partial charge in [-0.15, -0.1) is 0 Å². The Morgan fingerprint density at radius 3 is 3.00 bits per heavy atom. The van der Waals surface area contributed by atoms with Crippen LogP contribution >= 0.6 is 0 Å². The van der Waals surface area contributed by atoms with Crippen LogP contribution in [-0.2, 0) is 0 Å². The van der Waals surface area contributed by atoms with Gasteiger partial charge in [0.05, 0.1) is 12.8 Å². The highest BCUT2D eigenvalue weighted by molar-refractivity contribution is 5.84. The third kappa shape index (κ3) is 2.86. The maximum absolute atomic E-state index is 12.5. The molecule has 1 saturated heterocycles. The molecule has 1 atom stereocenters. The molecule has 1 aliphatic heterocycles. The van der Waals surface area contributed by atoms with Crippen molar-refractivity contribution in [2.45, 2.75) is 18.9 Å². The fraction of sp³-hybridized carbons (Fsp3) is 0.353. The number of hydrogen-bond donors (Lipinski definition) is 4. The Hall–Kier alpha value is -3.07. The summed E-state index contributed by atoms with van der Waals surface area (Å²) in [6, 6.07) is 7.64. The molecule has 0 amide bonds. The molecule has 0 saturated carbocycles. The molecule has 26 heavy (non-hydrogen) atoms. The molecule has 136 valence electrons. The molecule has 1 fully saturated rings.